The maximum atomic E-state index is 12.5. The maximum absolute atomic E-state index is 12.5. The zero-order valence-electron chi connectivity index (χ0n) is 12.3. The van der Waals surface area contributed by atoms with E-state index in [1.807, 2.05) is 7.05 Å². The van der Waals surface area contributed by atoms with Gasteiger partial charge in [-0.15, -0.1) is 0 Å². The van der Waals surface area contributed by atoms with Crippen LogP contribution in [0.25, 0.3) is 0 Å². The number of nitrogens with one attached hydrogen (secondary N) is 1. The van der Waals surface area contributed by atoms with Crippen LogP contribution in [0.4, 0.5) is 5.69 Å². The average molecular weight is 340 g/mol. The van der Waals surface area contributed by atoms with Crippen molar-refractivity contribution in [3.05, 3.63) is 29.3 Å². The molecule has 1 fully saturated rings. The van der Waals surface area contributed by atoms with Crippen LogP contribution in [0.15, 0.2) is 29.4 Å². The SMILES string of the molecule is CN1CCN(C(=O)/C(=N\Nc2ccc(Cl)cc2)C(N)=S)CC1. The standard InChI is InChI=1S/C14H18ClN5OS/c1-19-6-8-20(9-7-19)14(21)12(13(16)22)18-17-11-4-2-10(15)3-5-11/h2-5,17H,6-9H2,1H3,(H2,16,22)/b18-12-. The molecular weight excluding hydrogens is 322 g/mol. The Bertz CT molecular complexity index is 581. The number of nitrogens with zero attached hydrogens (tertiary/aromatic N) is 3. The van der Waals surface area contributed by atoms with Crippen molar-refractivity contribution in [2.75, 3.05) is 38.7 Å². The number of hydrogen-bond donors (Lipinski definition) is 2. The molecule has 22 heavy (non-hydrogen) atoms. The van der Waals surface area contributed by atoms with Gasteiger partial charge in [-0.3, -0.25) is 10.2 Å². The van der Waals surface area contributed by atoms with Crippen LogP contribution in [0, 0.1) is 0 Å². The second-order valence-corrected chi connectivity index (χ2v) is 5.92. The van der Waals surface area contributed by atoms with Crippen LogP contribution in [0.1, 0.15) is 0 Å². The Labute approximate surface area is 139 Å². The van der Waals surface area contributed by atoms with Crippen LogP contribution >= 0.6 is 23.8 Å². The first kappa shape index (κ1) is 16.7. The molecule has 1 aliphatic heterocycles. The van der Waals surface area contributed by atoms with Crippen LogP contribution in [-0.4, -0.2) is 59.6 Å². The maximum Gasteiger partial charge on any atom is 0.277 e. The summed E-state index contributed by atoms with van der Waals surface area (Å²) in [6.45, 7) is 2.91. The zero-order valence-corrected chi connectivity index (χ0v) is 13.8. The number of carbonyl (C=O) groups excluding carboxylic acids is 1. The van der Waals surface area contributed by atoms with Gasteiger partial charge in [0.2, 0.25) is 0 Å². The van der Waals surface area contributed by atoms with Gasteiger partial charge in [0.25, 0.3) is 5.91 Å². The summed E-state index contributed by atoms with van der Waals surface area (Å²) in [7, 11) is 2.02. The first-order valence-corrected chi connectivity index (χ1v) is 7.63. The second-order valence-electron chi connectivity index (χ2n) is 5.04. The minimum atomic E-state index is -0.248. The molecule has 0 radical (unpaired) electrons. The number of piperazine rings is 1. The number of hydrogen-bond acceptors (Lipinski definition) is 5. The van der Waals surface area contributed by atoms with E-state index in [0.29, 0.717) is 23.8 Å². The number of halogens is 1. The summed E-state index contributed by atoms with van der Waals surface area (Å²) in [6, 6.07) is 6.96. The van der Waals surface area contributed by atoms with Crippen molar-refractivity contribution in [3.63, 3.8) is 0 Å². The van der Waals surface area contributed by atoms with E-state index in [1.54, 1.807) is 29.2 Å². The Kier molecular flexibility index (Phi) is 5.70. The fourth-order valence-corrected chi connectivity index (χ4v) is 2.27. The number of hydrazone groups is 1. The highest BCUT2D eigenvalue weighted by molar-refractivity contribution is 7.82. The van der Waals surface area contributed by atoms with E-state index in [2.05, 4.69) is 15.4 Å². The van der Waals surface area contributed by atoms with Gasteiger partial charge in [-0.2, -0.15) is 5.10 Å². The molecule has 1 aromatic rings. The van der Waals surface area contributed by atoms with E-state index in [1.165, 1.54) is 0 Å². The molecule has 118 valence electrons. The van der Waals surface area contributed by atoms with Gasteiger partial charge < -0.3 is 15.5 Å². The van der Waals surface area contributed by atoms with Gasteiger partial charge in [0.15, 0.2) is 5.71 Å². The van der Waals surface area contributed by atoms with E-state index in [9.17, 15) is 4.79 Å². The largest absolute Gasteiger partial charge is 0.388 e. The van der Waals surface area contributed by atoms with Gasteiger partial charge in [0.05, 0.1) is 5.69 Å². The Morgan fingerprint density at radius 3 is 2.41 bits per heavy atom. The third-order valence-electron chi connectivity index (χ3n) is 3.37. The van der Waals surface area contributed by atoms with Crippen molar-refractivity contribution in [3.8, 4) is 0 Å². The first-order valence-electron chi connectivity index (χ1n) is 6.84. The molecule has 2 rings (SSSR count). The topological polar surface area (TPSA) is 74.0 Å². The van der Waals surface area contributed by atoms with Gasteiger partial charge in [0.1, 0.15) is 4.99 Å². The number of carbonyl (C=O) groups is 1. The fraction of sp³-hybridized carbons (Fsp3) is 0.357. The minimum Gasteiger partial charge on any atom is -0.388 e. The lowest BCUT2D eigenvalue weighted by Crippen LogP contribution is -2.51. The summed E-state index contributed by atoms with van der Waals surface area (Å²) in [5.41, 5.74) is 9.19. The predicted molar refractivity (Wildman–Crippen MR) is 93.4 cm³/mol. The van der Waals surface area contributed by atoms with E-state index in [0.717, 1.165) is 13.1 Å². The Morgan fingerprint density at radius 1 is 1.27 bits per heavy atom. The second kappa shape index (κ2) is 7.53. The van der Waals surface area contributed by atoms with Crippen LogP contribution in [0.3, 0.4) is 0 Å². The predicted octanol–water partition coefficient (Wildman–Crippen LogP) is 1.17. The molecule has 0 aliphatic carbocycles. The summed E-state index contributed by atoms with van der Waals surface area (Å²) in [5, 5.41) is 4.69. The molecule has 1 aliphatic rings. The van der Waals surface area contributed by atoms with Crippen molar-refractivity contribution >= 4 is 46.1 Å². The summed E-state index contributed by atoms with van der Waals surface area (Å²) < 4.78 is 0. The van der Waals surface area contributed by atoms with Crippen LogP contribution in [0.2, 0.25) is 5.02 Å². The van der Waals surface area contributed by atoms with E-state index in [-0.39, 0.29) is 16.6 Å². The lowest BCUT2D eigenvalue weighted by molar-refractivity contribution is -0.125. The lowest BCUT2D eigenvalue weighted by Gasteiger charge is -2.32. The number of anilines is 1. The highest BCUT2D eigenvalue weighted by Crippen LogP contribution is 2.13. The lowest BCUT2D eigenvalue weighted by atomic mass is 10.2. The Hall–Kier alpha value is -1.70. The highest BCUT2D eigenvalue weighted by atomic mass is 35.5. The molecule has 3 N–H and O–H groups in total. The normalized spacial score (nSPS) is 16.5. The molecule has 0 spiro atoms. The van der Waals surface area contributed by atoms with Crippen molar-refractivity contribution in [1.82, 2.24) is 9.80 Å². The molecule has 1 amide bonds. The van der Waals surface area contributed by atoms with Crippen molar-refractivity contribution in [1.29, 1.82) is 0 Å². The van der Waals surface area contributed by atoms with Gasteiger partial charge in [-0.05, 0) is 31.3 Å². The van der Waals surface area contributed by atoms with E-state index < -0.39 is 0 Å². The van der Waals surface area contributed by atoms with Crippen molar-refractivity contribution in [2.45, 2.75) is 0 Å². The molecule has 0 unspecified atom stereocenters. The molecule has 0 saturated carbocycles. The number of thiocarbonyl (C=S) groups is 1. The minimum absolute atomic E-state index is 0.0228. The smallest absolute Gasteiger partial charge is 0.277 e. The summed E-state index contributed by atoms with van der Waals surface area (Å²) in [5.74, 6) is -0.248. The number of likely N-dealkylation sites (N-methyl/N-ethyl adjacent to an activating group) is 1. The molecule has 6 nitrogen and oxygen atoms in total. The van der Waals surface area contributed by atoms with Crippen LogP contribution in [-0.2, 0) is 4.79 Å². The third-order valence-corrected chi connectivity index (χ3v) is 3.81. The molecule has 8 heteroatoms. The molecule has 1 heterocycles. The molecule has 0 atom stereocenters. The fourth-order valence-electron chi connectivity index (χ4n) is 2.01. The third kappa shape index (κ3) is 4.40. The van der Waals surface area contributed by atoms with Gasteiger partial charge in [-0.1, -0.05) is 23.8 Å². The molecule has 0 aromatic heterocycles. The number of rotatable bonds is 4. The molecule has 1 aromatic carbocycles. The summed E-state index contributed by atoms with van der Waals surface area (Å²) in [6.07, 6.45) is 0. The number of amides is 1. The summed E-state index contributed by atoms with van der Waals surface area (Å²) in [4.78, 5) is 16.3. The monoisotopic (exact) mass is 339 g/mol. The first-order chi connectivity index (χ1) is 10.5. The van der Waals surface area contributed by atoms with E-state index in [4.69, 9.17) is 29.6 Å². The van der Waals surface area contributed by atoms with E-state index >= 15 is 0 Å². The average Bonchev–Trinajstić information content (AvgIpc) is 2.49. The Morgan fingerprint density at radius 2 is 1.86 bits per heavy atom. The molecule has 1 saturated heterocycles. The van der Waals surface area contributed by atoms with Crippen LogP contribution in [0.5, 0.6) is 0 Å². The number of nitrogens with two attached hydrogens (primary N) is 1. The Balaban J connectivity index is 2.08. The van der Waals surface area contributed by atoms with Gasteiger partial charge in [-0.25, -0.2) is 0 Å². The molecule has 0 bridgehead atoms. The van der Waals surface area contributed by atoms with Crippen molar-refractivity contribution in [2.24, 2.45) is 10.8 Å². The van der Waals surface area contributed by atoms with Gasteiger partial charge in [0, 0.05) is 31.2 Å². The van der Waals surface area contributed by atoms with Gasteiger partial charge >= 0.3 is 0 Å². The van der Waals surface area contributed by atoms with Crippen molar-refractivity contribution < 1.29 is 4.79 Å². The highest BCUT2D eigenvalue weighted by Gasteiger charge is 2.25. The molecular formula is C14H18ClN5OS. The summed E-state index contributed by atoms with van der Waals surface area (Å²) >= 11 is 10.8. The van der Waals surface area contributed by atoms with Crippen LogP contribution < -0.4 is 11.2 Å². The quantitative estimate of drug-likeness (QED) is 0.489. The number of benzene rings is 1. The zero-order chi connectivity index (χ0) is 16.1.